The number of rotatable bonds is 5. The van der Waals surface area contributed by atoms with Crippen molar-refractivity contribution in [2.45, 2.75) is 66.4 Å². The fourth-order valence-corrected chi connectivity index (χ4v) is 4.48. The van der Waals surface area contributed by atoms with E-state index in [-0.39, 0.29) is 18.5 Å². The Bertz CT molecular complexity index is 734. The molecule has 28 heavy (non-hydrogen) atoms. The second-order valence-corrected chi connectivity index (χ2v) is 8.79. The van der Waals surface area contributed by atoms with Crippen LogP contribution < -0.4 is 5.43 Å². The second kappa shape index (κ2) is 9.40. The summed E-state index contributed by atoms with van der Waals surface area (Å²) >= 11 is 0. The number of esters is 1. The van der Waals surface area contributed by atoms with Crippen molar-refractivity contribution in [1.29, 1.82) is 0 Å². The van der Waals surface area contributed by atoms with Crippen LogP contribution in [-0.4, -0.2) is 11.7 Å². The smallest absolute Gasteiger partial charge is 0.356 e. The van der Waals surface area contributed by atoms with E-state index in [1.807, 2.05) is 30.3 Å². The molecule has 2 aliphatic rings. The van der Waals surface area contributed by atoms with Crippen LogP contribution in [0.1, 0.15) is 65.4 Å². The fourth-order valence-electron chi connectivity index (χ4n) is 4.48. The summed E-state index contributed by atoms with van der Waals surface area (Å²) in [6.07, 6.45) is 5.61. The van der Waals surface area contributed by atoms with Crippen LogP contribution in [0, 0.1) is 23.7 Å². The van der Waals surface area contributed by atoms with Crippen molar-refractivity contribution in [3.8, 4) is 0 Å². The van der Waals surface area contributed by atoms with Crippen LogP contribution in [0.4, 0.5) is 0 Å². The summed E-state index contributed by atoms with van der Waals surface area (Å²) in [4.78, 5) is 12.9. The Morgan fingerprint density at radius 3 is 2.57 bits per heavy atom. The standard InChI is InChI=1S/C24H34N2O2/c1-16(2)19-11-8-12-20-21(14-13-19)23(26-25-22(20)17(3)4)24(27)28-15-18-9-6-5-7-10-18/h5-7,9-10,16-17,19-20,26H,8,11-15H2,1-4H3. The lowest BCUT2D eigenvalue weighted by Crippen LogP contribution is -2.36. The van der Waals surface area contributed by atoms with Crippen LogP contribution in [-0.2, 0) is 16.1 Å². The van der Waals surface area contributed by atoms with Gasteiger partial charge in [0, 0.05) is 11.6 Å². The Morgan fingerprint density at radius 1 is 1.14 bits per heavy atom. The third kappa shape index (κ3) is 4.84. The van der Waals surface area contributed by atoms with Crippen molar-refractivity contribution in [2.75, 3.05) is 0 Å². The van der Waals surface area contributed by atoms with Gasteiger partial charge in [0.2, 0.25) is 0 Å². The highest BCUT2D eigenvalue weighted by Crippen LogP contribution is 2.38. The molecule has 1 fully saturated rings. The summed E-state index contributed by atoms with van der Waals surface area (Å²) < 4.78 is 5.63. The van der Waals surface area contributed by atoms with E-state index in [0.29, 0.717) is 17.5 Å². The number of hydrogen-bond donors (Lipinski definition) is 1. The van der Waals surface area contributed by atoms with Crippen molar-refractivity contribution in [2.24, 2.45) is 28.8 Å². The molecule has 1 aromatic rings. The summed E-state index contributed by atoms with van der Waals surface area (Å²) in [6, 6.07) is 9.82. The number of fused-ring (bicyclic) bond motifs is 1. The number of ether oxygens (including phenoxy) is 1. The molecule has 1 saturated carbocycles. The zero-order valence-electron chi connectivity index (χ0n) is 17.7. The van der Waals surface area contributed by atoms with E-state index in [0.717, 1.165) is 30.7 Å². The maximum absolute atomic E-state index is 12.9. The molecule has 1 aliphatic heterocycles. The number of nitrogens with one attached hydrogen (secondary N) is 1. The first kappa shape index (κ1) is 20.6. The fraction of sp³-hybridized carbons (Fsp3) is 0.583. The van der Waals surface area contributed by atoms with Crippen LogP contribution in [0.3, 0.4) is 0 Å². The Kier molecular flexibility index (Phi) is 6.93. The minimum Gasteiger partial charge on any atom is -0.456 e. The molecule has 4 heteroatoms. The number of carbonyl (C=O) groups is 1. The first-order valence-corrected chi connectivity index (χ1v) is 10.7. The zero-order valence-corrected chi connectivity index (χ0v) is 17.7. The molecular weight excluding hydrogens is 348 g/mol. The minimum atomic E-state index is -0.280. The van der Waals surface area contributed by atoms with Crippen molar-refractivity contribution in [1.82, 2.24) is 5.43 Å². The first-order chi connectivity index (χ1) is 13.5. The Morgan fingerprint density at radius 2 is 1.89 bits per heavy atom. The molecule has 3 rings (SSSR count). The molecule has 0 saturated heterocycles. The average molecular weight is 383 g/mol. The largest absolute Gasteiger partial charge is 0.456 e. The maximum atomic E-state index is 12.9. The van der Waals surface area contributed by atoms with Gasteiger partial charge in [-0.1, -0.05) is 70.9 Å². The summed E-state index contributed by atoms with van der Waals surface area (Å²) in [6.45, 7) is 9.29. The summed E-state index contributed by atoms with van der Waals surface area (Å²) in [7, 11) is 0. The predicted octanol–water partition coefficient (Wildman–Crippen LogP) is 5.45. The Labute approximate surface area is 169 Å². The molecule has 2 atom stereocenters. The molecule has 0 amide bonds. The van der Waals surface area contributed by atoms with Crippen LogP contribution >= 0.6 is 0 Å². The van der Waals surface area contributed by atoms with Gasteiger partial charge in [-0.3, -0.25) is 5.43 Å². The van der Waals surface area contributed by atoms with Gasteiger partial charge in [0.15, 0.2) is 0 Å². The maximum Gasteiger partial charge on any atom is 0.356 e. The van der Waals surface area contributed by atoms with Gasteiger partial charge in [-0.25, -0.2) is 4.79 Å². The quantitative estimate of drug-likeness (QED) is 0.689. The van der Waals surface area contributed by atoms with Crippen molar-refractivity contribution >= 4 is 11.7 Å². The minimum absolute atomic E-state index is 0.272. The lowest BCUT2D eigenvalue weighted by atomic mass is 9.74. The predicted molar refractivity (Wildman–Crippen MR) is 114 cm³/mol. The van der Waals surface area contributed by atoms with Crippen LogP contribution in [0.25, 0.3) is 0 Å². The lowest BCUT2D eigenvalue weighted by molar-refractivity contribution is -0.140. The highest BCUT2D eigenvalue weighted by atomic mass is 16.5. The normalized spacial score (nSPS) is 22.9. The lowest BCUT2D eigenvalue weighted by Gasteiger charge is -2.34. The van der Waals surface area contributed by atoms with E-state index in [9.17, 15) is 4.79 Å². The molecule has 0 bridgehead atoms. The molecule has 1 aliphatic carbocycles. The monoisotopic (exact) mass is 382 g/mol. The van der Waals surface area contributed by atoms with Gasteiger partial charge < -0.3 is 4.74 Å². The molecule has 1 heterocycles. The molecule has 1 aromatic carbocycles. The second-order valence-electron chi connectivity index (χ2n) is 8.79. The van der Waals surface area contributed by atoms with Gasteiger partial charge in [0.25, 0.3) is 0 Å². The molecule has 0 spiro atoms. The molecule has 0 radical (unpaired) electrons. The number of carbonyl (C=O) groups excluding carboxylic acids is 1. The molecule has 2 unspecified atom stereocenters. The van der Waals surface area contributed by atoms with E-state index in [1.54, 1.807) is 0 Å². The highest BCUT2D eigenvalue weighted by Gasteiger charge is 2.34. The van der Waals surface area contributed by atoms with Gasteiger partial charge in [-0.05, 0) is 48.2 Å². The van der Waals surface area contributed by atoms with Crippen LogP contribution in [0.15, 0.2) is 46.7 Å². The van der Waals surface area contributed by atoms with Crippen LogP contribution in [0.5, 0.6) is 0 Å². The van der Waals surface area contributed by atoms with Gasteiger partial charge in [0.05, 0.1) is 0 Å². The average Bonchev–Trinajstić information content (AvgIpc) is 2.66. The van der Waals surface area contributed by atoms with Crippen molar-refractivity contribution in [3.63, 3.8) is 0 Å². The molecule has 0 aromatic heterocycles. The summed E-state index contributed by atoms with van der Waals surface area (Å²) in [5.74, 6) is 1.76. The third-order valence-corrected chi connectivity index (χ3v) is 6.20. The topological polar surface area (TPSA) is 50.7 Å². The number of allylic oxidation sites excluding steroid dienone is 1. The number of hydrogen-bond acceptors (Lipinski definition) is 4. The molecule has 152 valence electrons. The van der Waals surface area contributed by atoms with Crippen molar-refractivity contribution in [3.05, 3.63) is 47.2 Å². The number of hydrazone groups is 1. The van der Waals surface area contributed by atoms with Crippen LogP contribution in [0.2, 0.25) is 0 Å². The van der Waals surface area contributed by atoms with Gasteiger partial charge >= 0.3 is 5.97 Å². The van der Waals surface area contributed by atoms with E-state index in [4.69, 9.17) is 4.74 Å². The van der Waals surface area contributed by atoms with E-state index in [2.05, 4.69) is 38.2 Å². The zero-order chi connectivity index (χ0) is 20.1. The summed E-state index contributed by atoms with van der Waals surface area (Å²) in [5, 5.41) is 4.61. The third-order valence-electron chi connectivity index (χ3n) is 6.20. The Balaban J connectivity index is 1.81. The number of nitrogens with zero attached hydrogens (tertiary/aromatic N) is 1. The van der Waals surface area contributed by atoms with E-state index < -0.39 is 0 Å². The summed E-state index contributed by atoms with van der Waals surface area (Å²) in [5.41, 5.74) is 7.04. The van der Waals surface area contributed by atoms with E-state index >= 15 is 0 Å². The molecule has 1 N–H and O–H groups in total. The van der Waals surface area contributed by atoms with Gasteiger partial charge in [-0.15, -0.1) is 0 Å². The highest BCUT2D eigenvalue weighted by molar-refractivity contribution is 5.97. The first-order valence-electron chi connectivity index (χ1n) is 10.7. The molecule has 4 nitrogen and oxygen atoms in total. The van der Waals surface area contributed by atoms with Gasteiger partial charge in [0.1, 0.15) is 12.3 Å². The number of benzene rings is 1. The SMILES string of the molecule is CC(C)C1=NNC(C(=O)OCc2ccccc2)=C2CCC(C(C)C)CCCC12. The Hall–Kier alpha value is -2.10. The van der Waals surface area contributed by atoms with E-state index in [1.165, 1.54) is 24.1 Å². The van der Waals surface area contributed by atoms with Crippen molar-refractivity contribution < 1.29 is 9.53 Å². The molecular formula is C24H34N2O2. The van der Waals surface area contributed by atoms with Gasteiger partial charge in [-0.2, -0.15) is 5.10 Å².